The number of hydrogen-bond acceptors (Lipinski definition) is 2. The van der Waals surface area contributed by atoms with Gasteiger partial charge in [0.1, 0.15) is 0 Å². The summed E-state index contributed by atoms with van der Waals surface area (Å²) in [5.74, 6) is 0. The van der Waals surface area contributed by atoms with Crippen molar-refractivity contribution in [1.29, 1.82) is 0 Å². The maximum absolute atomic E-state index is 8.66. The van der Waals surface area contributed by atoms with Crippen molar-refractivity contribution in [2.75, 3.05) is 0 Å². The molecule has 0 saturated carbocycles. The molecule has 0 aliphatic heterocycles. The molecule has 5 heteroatoms. The molecule has 0 bridgehead atoms. The Morgan fingerprint density at radius 3 is 0.735 bits per heavy atom. The van der Waals surface area contributed by atoms with E-state index in [2.05, 4.69) is 220 Å². The highest BCUT2D eigenvalue weighted by molar-refractivity contribution is 6.94. The average molecular weight is 742 g/mol. The van der Waals surface area contributed by atoms with Crippen LogP contribution < -0.4 is 0 Å². The molecule has 49 heavy (non-hydrogen) atoms. The summed E-state index contributed by atoms with van der Waals surface area (Å²) in [6.45, 7) is 80.2. The summed E-state index contributed by atoms with van der Waals surface area (Å²) in [6, 6.07) is 0. The van der Waals surface area contributed by atoms with E-state index in [1.165, 1.54) is 0 Å². The Bertz CT molecular complexity index is 1110. The maximum Gasteiger partial charge on any atom is 0.328 e. The van der Waals surface area contributed by atoms with E-state index in [9.17, 15) is 0 Å². The molecule has 0 saturated heterocycles. The summed E-state index contributed by atoms with van der Waals surface area (Å²) in [5.41, 5.74) is -0.0219. The highest BCUT2D eigenvalue weighted by atomic mass is 28.5. The number of hydrogen-bond donors (Lipinski definition) is 0. The van der Waals surface area contributed by atoms with E-state index in [1.807, 2.05) is 0 Å². The quantitative estimate of drug-likeness (QED) is 0.196. The average Bonchev–Trinajstić information content (AvgIpc) is 2.75. The summed E-state index contributed by atoms with van der Waals surface area (Å²) in [4.78, 5) is 0. The molecule has 2 nitrogen and oxygen atoms in total. The molecule has 0 unspecified atom stereocenters. The molecular weight excluding hydrogens is 645 g/mol. The molecule has 0 spiro atoms. The van der Waals surface area contributed by atoms with E-state index in [-0.39, 0.29) is 63.1 Å². The van der Waals surface area contributed by atoms with Crippen LogP contribution in [0.1, 0.15) is 201 Å². The highest BCUT2D eigenvalue weighted by Crippen LogP contribution is 2.78. The van der Waals surface area contributed by atoms with E-state index < -0.39 is 25.2 Å². The van der Waals surface area contributed by atoms with Crippen molar-refractivity contribution in [2.24, 2.45) is 37.9 Å². The van der Waals surface area contributed by atoms with Crippen LogP contribution in [0.2, 0.25) is 44.8 Å². The molecule has 0 heterocycles. The van der Waals surface area contributed by atoms with Gasteiger partial charge in [-0.1, -0.05) is 201 Å². The summed E-state index contributed by atoms with van der Waals surface area (Å²) < 4.78 is 16.4. The molecule has 296 valence electrons. The Labute approximate surface area is 315 Å². The van der Waals surface area contributed by atoms with Crippen LogP contribution in [0.15, 0.2) is 0 Å². The van der Waals surface area contributed by atoms with Crippen LogP contribution in [-0.4, -0.2) is 25.2 Å². The Hall–Kier alpha value is 0.571. The van der Waals surface area contributed by atoms with Crippen LogP contribution in [0.3, 0.4) is 0 Å². The second-order valence-electron chi connectivity index (χ2n) is 26.2. The van der Waals surface area contributed by atoms with Crippen molar-refractivity contribution in [3.8, 4) is 0 Å². The molecule has 0 aromatic rings. The van der Waals surface area contributed by atoms with Gasteiger partial charge in [-0.3, -0.25) is 0 Å². The van der Waals surface area contributed by atoms with Crippen molar-refractivity contribution >= 4 is 25.2 Å². The smallest absolute Gasteiger partial charge is 0.328 e. The van der Waals surface area contributed by atoms with Crippen molar-refractivity contribution in [3.63, 3.8) is 0 Å². The monoisotopic (exact) mass is 741 g/mol. The maximum atomic E-state index is 8.66. The van der Waals surface area contributed by atoms with Gasteiger partial charge >= 0.3 is 8.56 Å². The van der Waals surface area contributed by atoms with Crippen LogP contribution in [0.25, 0.3) is 0 Å². The van der Waals surface area contributed by atoms with E-state index in [0.717, 1.165) is 0 Å². The van der Waals surface area contributed by atoms with Crippen LogP contribution in [0.5, 0.6) is 0 Å². The van der Waals surface area contributed by atoms with Crippen molar-refractivity contribution in [2.45, 2.75) is 246 Å². The molecule has 0 N–H and O–H groups in total. The Balaban J connectivity index is 8.54. The zero-order valence-corrected chi connectivity index (χ0v) is 43.3. The molecule has 0 aromatic carbocycles. The lowest BCUT2D eigenvalue weighted by molar-refractivity contribution is -0.198. The van der Waals surface area contributed by atoms with Gasteiger partial charge in [0.2, 0.25) is 0 Å². The second-order valence-corrected chi connectivity index (χ2v) is 41.9. The third-order valence-electron chi connectivity index (χ3n) is 17.0. The highest BCUT2D eigenvalue weighted by Gasteiger charge is 2.76. The predicted molar refractivity (Wildman–Crippen MR) is 232 cm³/mol. The summed E-state index contributed by atoms with van der Waals surface area (Å²) >= 11 is 0. The minimum Gasteiger partial charge on any atom is -0.436 e. The van der Waals surface area contributed by atoms with Gasteiger partial charge < -0.3 is 8.23 Å². The lowest BCUT2D eigenvalue weighted by Crippen LogP contribution is -2.75. The van der Waals surface area contributed by atoms with Gasteiger partial charge in [-0.25, -0.2) is 0 Å². The van der Waals surface area contributed by atoms with Crippen molar-refractivity contribution < 1.29 is 8.23 Å². The number of rotatable bonds is 11. The first-order valence-electron chi connectivity index (χ1n) is 19.8. The fourth-order valence-electron chi connectivity index (χ4n) is 11.1. The molecule has 0 fully saturated rings. The lowest BCUT2D eigenvalue weighted by Gasteiger charge is -2.73. The Morgan fingerprint density at radius 2 is 0.531 bits per heavy atom. The van der Waals surface area contributed by atoms with Gasteiger partial charge in [-0.2, -0.15) is 0 Å². The standard InChI is InChI=1S/C44H96O2Si3/c1-33(2,3)38(16,17)39(18,19)40(20,21)41(22,23)42(24,25)43(26,27)44(28,29)48(34(4,5)6,35(7,8)9)46-49(36(10,11)12,37(13,14)15)45-47(30,31)32/h1-32H3. The summed E-state index contributed by atoms with van der Waals surface area (Å²) in [5, 5.41) is -0.576. The van der Waals surface area contributed by atoms with Crippen LogP contribution in [0, 0.1) is 37.9 Å². The fraction of sp³-hybridized carbons (Fsp3) is 1.00. The van der Waals surface area contributed by atoms with E-state index in [4.69, 9.17) is 8.23 Å². The normalized spacial score (nSPS) is 17.1. The first kappa shape index (κ1) is 49.6. The first-order chi connectivity index (χ1) is 20.4. The van der Waals surface area contributed by atoms with E-state index in [1.54, 1.807) is 0 Å². The molecule has 0 aromatic heterocycles. The SMILES string of the molecule is CC(C)(C)C(C)(C)C(C)(C)C(C)(C)C(C)(C)C(C)(C)C(C)(C)C(C)(C)[Si](O[Si](O[Si](C)(C)C)(C(C)(C)C)C(C)(C)C)(C(C)(C)C)C(C)(C)C. The molecular formula is C44H96O2Si3. The van der Waals surface area contributed by atoms with Gasteiger partial charge in [-0.05, 0) is 72.7 Å². The molecule has 0 radical (unpaired) electrons. The molecule has 0 aliphatic carbocycles. The lowest BCUT2D eigenvalue weighted by atomic mass is 9.36. The zero-order valence-electron chi connectivity index (χ0n) is 40.3. The Kier molecular flexibility index (Phi) is 13.0. The summed E-state index contributed by atoms with van der Waals surface area (Å²) in [7, 11) is -7.91. The Morgan fingerprint density at radius 1 is 0.286 bits per heavy atom. The van der Waals surface area contributed by atoms with Crippen LogP contribution >= 0.6 is 0 Å². The van der Waals surface area contributed by atoms with Gasteiger partial charge in [0.15, 0.2) is 16.6 Å². The largest absolute Gasteiger partial charge is 0.436 e. The van der Waals surface area contributed by atoms with E-state index >= 15 is 0 Å². The minimum atomic E-state index is -2.97. The third-order valence-corrected chi connectivity index (χ3v) is 33.5. The van der Waals surface area contributed by atoms with Crippen LogP contribution in [0.4, 0.5) is 0 Å². The second kappa shape index (κ2) is 12.8. The first-order valence-corrected chi connectivity index (χ1v) is 26.9. The van der Waals surface area contributed by atoms with E-state index in [0.29, 0.717) is 0 Å². The summed E-state index contributed by atoms with van der Waals surface area (Å²) in [6.07, 6.45) is 0. The predicted octanol–water partition coefficient (Wildman–Crippen LogP) is 16.4. The molecule has 0 rings (SSSR count). The molecule has 0 atom stereocenters. The topological polar surface area (TPSA) is 18.5 Å². The van der Waals surface area contributed by atoms with Gasteiger partial charge in [0, 0.05) is 10.1 Å². The van der Waals surface area contributed by atoms with Crippen molar-refractivity contribution in [3.05, 3.63) is 0 Å². The van der Waals surface area contributed by atoms with Gasteiger partial charge in [-0.15, -0.1) is 0 Å². The zero-order chi connectivity index (χ0) is 40.9. The molecule has 0 aliphatic rings. The fourth-order valence-corrected chi connectivity index (χ4v) is 34.7. The van der Waals surface area contributed by atoms with Gasteiger partial charge in [0.05, 0.1) is 0 Å². The minimum absolute atomic E-state index is 0.0154. The van der Waals surface area contributed by atoms with Crippen LogP contribution in [-0.2, 0) is 8.23 Å². The third kappa shape index (κ3) is 7.25. The van der Waals surface area contributed by atoms with Crippen molar-refractivity contribution in [1.82, 2.24) is 0 Å². The molecule has 0 amide bonds. The van der Waals surface area contributed by atoms with Gasteiger partial charge in [0.25, 0.3) is 0 Å².